The van der Waals surface area contributed by atoms with Crippen LogP contribution in [0.5, 0.6) is 17.2 Å². The fourth-order valence-corrected chi connectivity index (χ4v) is 1.66. The molecule has 6 heteroatoms. The summed E-state index contributed by atoms with van der Waals surface area (Å²) in [6.45, 7) is 0. The second-order valence-corrected chi connectivity index (χ2v) is 4.33. The highest BCUT2D eigenvalue weighted by atomic mass is 79.9. The van der Waals surface area contributed by atoms with Gasteiger partial charge < -0.3 is 9.47 Å². The maximum absolute atomic E-state index is 12.0. The van der Waals surface area contributed by atoms with Gasteiger partial charge in [0.1, 0.15) is 17.2 Å². The Balaban J connectivity index is 2.09. The van der Waals surface area contributed by atoms with Crippen molar-refractivity contribution in [2.45, 2.75) is 6.36 Å². The van der Waals surface area contributed by atoms with Crippen LogP contribution in [0.2, 0.25) is 0 Å². The smallest absolute Gasteiger partial charge is 0.456 e. The van der Waals surface area contributed by atoms with Crippen molar-refractivity contribution in [2.75, 3.05) is 0 Å². The van der Waals surface area contributed by atoms with Crippen LogP contribution in [0, 0.1) is 6.07 Å². The van der Waals surface area contributed by atoms with Gasteiger partial charge in [-0.3, -0.25) is 0 Å². The van der Waals surface area contributed by atoms with E-state index >= 15 is 0 Å². The van der Waals surface area contributed by atoms with Gasteiger partial charge >= 0.3 is 6.36 Å². The zero-order chi connectivity index (χ0) is 13.9. The number of hydrogen-bond donors (Lipinski definition) is 0. The Kier molecular flexibility index (Phi) is 3.99. The van der Waals surface area contributed by atoms with Crippen molar-refractivity contribution in [2.24, 2.45) is 0 Å². The second kappa shape index (κ2) is 5.52. The molecule has 99 valence electrons. The molecule has 2 aromatic carbocycles. The average molecular weight is 332 g/mol. The van der Waals surface area contributed by atoms with E-state index in [1.807, 2.05) is 0 Å². The predicted octanol–water partition coefficient (Wildman–Crippen LogP) is 4.94. The molecule has 0 amide bonds. The van der Waals surface area contributed by atoms with Gasteiger partial charge in [0, 0.05) is 0 Å². The molecule has 0 saturated heterocycles. The van der Waals surface area contributed by atoms with Crippen molar-refractivity contribution in [3.63, 3.8) is 0 Å². The summed E-state index contributed by atoms with van der Waals surface area (Å²) in [5.41, 5.74) is 0. The predicted molar refractivity (Wildman–Crippen MR) is 66.2 cm³/mol. The molecule has 2 nitrogen and oxygen atoms in total. The van der Waals surface area contributed by atoms with Gasteiger partial charge in [0.2, 0.25) is 0 Å². The molecule has 19 heavy (non-hydrogen) atoms. The van der Waals surface area contributed by atoms with Crippen molar-refractivity contribution in [3.05, 3.63) is 53.0 Å². The number of hydrogen-bond acceptors (Lipinski definition) is 2. The van der Waals surface area contributed by atoms with Crippen LogP contribution < -0.4 is 9.47 Å². The van der Waals surface area contributed by atoms with Crippen LogP contribution in [-0.4, -0.2) is 6.36 Å². The van der Waals surface area contributed by atoms with E-state index < -0.39 is 6.36 Å². The molecule has 0 aliphatic rings. The van der Waals surface area contributed by atoms with E-state index in [4.69, 9.17) is 4.74 Å². The summed E-state index contributed by atoms with van der Waals surface area (Å²) in [4.78, 5) is 0. The van der Waals surface area contributed by atoms with Crippen molar-refractivity contribution in [1.29, 1.82) is 0 Å². The van der Waals surface area contributed by atoms with Crippen LogP contribution in [0.1, 0.15) is 0 Å². The zero-order valence-electron chi connectivity index (χ0n) is 9.37. The largest absolute Gasteiger partial charge is 0.573 e. The SMILES string of the molecule is FC(F)(F)Oc1ccc(Oc2cc[c]cc2Br)cc1. The van der Waals surface area contributed by atoms with Crippen molar-refractivity contribution in [3.8, 4) is 17.2 Å². The Hall–Kier alpha value is -1.69. The van der Waals surface area contributed by atoms with Crippen LogP contribution in [0.3, 0.4) is 0 Å². The molecule has 0 aromatic heterocycles. The lowest BCUT2D eigenvalue weighted by molar-refractivity contribution is -0.274. The topological polar surface area (TPSA) is 18.5 Å². The van der Waals surface area contributed by atoms with Gasteiger partial charge in [-0.15, -0.1) is 13.2 Å². The van der Waals surface area contributed by atoms with E-state index in [1.54, 1.807) is 18.2 Å². The van der Waals surface area contributed by atoms with Gasteiger partial charge in [0.05, 0.1) is 4.47 Å². The van der Waals surface area contributed by atoms with Gasteiger partial charge in [-0.1, -0.05) is 6.07 Å². The Morgan fingerprint density at radius 1 is 1.00 bits per heavy atom. The minimum absolute atomic E-state index is 0.291. The molecule has 0 aliphatic carbocycles. The van der Waals surface area contributed by atoms with Crippen molar-refractivity contribution >= 4 is 15.9 Å². The first-order chi connectivity index (χ1) is 8.94. The molecule has 0 fully saturated rings. The van der Waals surface area contributed by atoms with E-state index in [0.717, 1.165) is 0 Å². The van der Waals surface area contributed by atoms with Crippen molar-refractivity contribution < 1.29 is 22.6 Å². The number of benzene rings is 2. The van der Waals surface area contributed by atoms with Crippen LogP contribution in [0.25, 0.3) is 0 Å². The molecule has 2 rings (SSSR count). The van der Waals surface area contributed by atoms with Crippen LogP contribution >= 0.6 is 15.9 Å². The third-order valence-electron chi connectivity index (χ3n) is 2.06. The van der Waals surface area contributed by atoms with Gasteiger partial charge in [-0.2, -0.15) is 0 Å². The Morgan fingerprint density at radius 2 is 1.63 bits per heavy atom. The first-order valence-electron chi connectivity index (χ1n) is 5.13. The van der Waals surface area contributed by atoms with E-state index in [0.29, 0.717) is 16.0 Å². The van der Waals surface area contributed by atoms with E-state index in [2.05, 4.69) is 26.7 Å². The fraction of sp³-hybridized carbons (Fsp3) is 0.0769. The number of ether oxygens (including phenoxy) is 2. The third kappa shape index (κ3) is 4.17. The molecular formula is C13H7BrF3O2. The first-order valence-corrected chi connectivity index (χ1v) is 5.92. The highest BCUT2D eigenvalue weighted by molar-refractivity contribution is 9.10. The quantitative estimate of drug-likeness (QED) is 0.793. The summed E-state index contributed by atoms with van der Waals surface area (Å²) in [6, 6.07) is 13.0. The number of alkyl halides is 3. The lowest BCUT2D eigenvalue weighted by Crippen LogP contribution is -2.16. The van der Waals surface area contributed by atoms with Gasteiger partial charge in [-0.25, -0.2) is 0 Å². The minimum Gasteiger partial charge on any atom is -0.456 e. The Labute approximate surface area is 115 Å². The summed E-state index contributed by atoms with van der Waals surface area (Å²) in [5.74, 6) is 0.657. The zero-order valence-corrected chi connectivity index (χ0v) is 11.0. The third-order valence-corrected chi connectivity index (χ3v) is 2.68. The Morgan fingerprint density at radius 3 is 2.21 bits per heavy atom. The molecule has 0 spiro atoms. The first kappa shape index (κ1) is 13.7. The fourth-order valence-electron chi connectivity index (χ4n) is 1.31. The van der Waals surface area contributed by atoms with E-state index in [1.165, 1.54) is 24.3 Å². The molecule has 0 saturated carbocycles. The highest BCUT2D eigenvalue weighted by Crippen LogP contribution is 2.30. The van der Waals surface area contributed by atoms with Crippen LogP contribution in [0.4, 0.5) is 13.2 Å². The maximum atomic E-state index is 12.0. The molecule has 0 heterocycles. The summed E-state index contributed by atoms with van der Waals surface area (Å²) >= 11 is 3.28. The van der Waals surface area contributed by atoms with Crippen LogP contribution in [-0.2, 0) is 0 Å². The molecule has 0 bridgehead atoms. The standard InChI is InChI=1S/C13H7BrF3O2/c14-11-3-1-2-4-12(11)18-9-5-7-10(8-6-9)19-13(15,16)17/h2-8H. The summed E-state index contributed by atoms with van der Waals surface area (Å²) in [5, 5.41) is 0. The molecule has 0 N–H and O–H groups in total. The molecule has 0 aliphatic heterocycles. The van der Waals surface area contributed by atoms with Crippen molar-refractivity contribution in [1.82, 2.24) is 0 Å². The van der Waals surface area contributed by atoms with Crippen LogP contribution in [0.15, 0.2) is 46.9 Å². The number of halogens is 4. The second-order valence-electron chi connectivity index (χ2n) is 3.48. The van der Waals surface area contributed by atoms with E-state index in [-0.39, 0.29) is 5.75 Å². The van der Waals surface area contributed by atoms with Gasteiger partial charge in [0.15, 0.2) is 0 Å². The lowest BCUT2D eigenvalue weighted by atomic mass is 10.3. The summed E-state index contributed by atoms with van der Waals surface area (Å²) in [7, 11) is 0. The Bertz CT molecular complexity index is 553. The summed E-state index contributed by atoms with van der Waals surface area (Å²) in [6.07, 6.45) is -4.69. The molecule has 0 unspecified atom stereocenters. The normalized spacial score (nSPS) is 11.2. The number of rotatable bonds is 3. The minimum atomic E-state index is -4.69. The lowest BCUT2D eigenvalue weighted by Gasteiger charge is -2.10. The molecule has 2 aromatic rings. The van der Waals surface area contributed by atoms with E-state index in [9.17, 15) is 13.2 Å². The maximum Gasteiger partial charge on any atom is 0.573 e. The summed E-state index contributed by atoms with van der Waals surface area (Å²) < 4.78 is 45.9. The average Bonchev–Trinajstić information content (AvgIpc) is 2.33. The van der Waals surface area contributed by atoms with Gasteiger partial charge in [-0.05, 0) is 58.4 Å². The van der Waals surface area contributed by atoms with Gasteiger partial charge in [0.25, 0.3) is 0 Å². The molecule has 0 atom stereocenters. The molecular weight excluding hydrogens is 325 g/mol. The molecule has 1 radical (unpaired) electrons. The monoisotopic (exact) mass is 331 g/mol. The highest BCUT2D eigenvalue weighted by Gasteiger charge is 2.30.